The van der Waals surface area contributed by atoms with Crippen LogP contribution in [0.1, 0.15) is 33.1 Å². The average molecular weight is 226 g/mol. The first-order valence-corrected chi connectivity index (χ1v) is 5.39. The van der Waals surface area contributed by atoms with Gasteiger partial charge in [0.15, 0.2) is 0 Å². The Balaban J connectivity index is 4.07. The predicted octanol–water partition coefficient (Wildman–Crippen LogP) is 2.31. The van der Waals surface area contributed by atoms with Crippen molar-refractivity contribution >= 4 is 11.9 Å². The summed E-state index contributed by atoms with van der Waals surface area (Å²) in [5.41, 5.74) is 0.262. The number of esters is 1. The van der Waals surface area contributed by atoms with E-state index >= 15 is 0 Å². The molecule has 0 bridgehead atoms. The molecule has 0 rings (SSSR count). The van der Waals surface area contributed by atoms with E-state index in [1.54, 1.807) is 6.92 Å². The van der Waals surface area contributed by atoms with Crippen LogP contribution in [0.4, 0.5) is 0 Å². The van der Waals surface area contributed by atoms with Crippen molar-refractivity contribution in [3.8, 4) is 0 Å². The molecule has 0 spiro atoms. The van der Waals surface area contributed by atoms with E-state index in [1.165, 1.54) is 18.2 Å². The van der Waals surface area contributed by atoms with Gasteiger partial charge in [-0.15, -0.1) is 0 Å². The third-order valence-corrected chi connectivity index (χ3v) is 1.93. The number of carboxylic acids is 1. The number of carbonyl (C=O) groups excluding carboxylic acids is 1. The summed E-state index contributed by atoms with van der Waals surface area (Å²) in [4.78, 5) is 21.7. The number of carboxylic acid groups (broad SMARTS) is 1. The fourth-order valence-electron chi connectivity index (χ4n) is 0.948. The topological polar surface area (TPSA) is 63.6 Å². The molecule has 0 unspecified atom stereocenters. The fraction of sp³-hybridized carbons (Fsp3) is 0.500. The number of unbranched alkanes of at least 4 members (excludes halogenated alkanes) is 1. The molecule has 0 aliphatic carbocycles. The zero-order valence-electron chi connectivity index (χ0n) is 9.73. The van der Waals surface area contributed by atoms with Gasteiger partial charge in [0.05, 0.1) is 6.61 Å². The summed E-state index contributed by atoms with van der Waals surface area (Å²) in [6.07, 6.45) is 6.27. The molecule has 4 heteroatoms. The molecule has 0 fully saturated rings. The highest BCUT2D eigenvalue weighted by Gasteiger charge is 2.01. The van der Waals surface area contributed by atoms with Gasteiger partial charge in [0.1, 0.15) is 0 Å². The van der Waals surface area contributed by atoms with Gasteiger partial charge in [0.2, 0.25) is 0 Å². The molecule has 0 aromatic rings. The minimum absolute atomic E-state index is 0.262. The number of rotatable bonds is 7. The van der Waals surface area contributed by atoms with Crippen LogP contribution < -0.4 is 0 Å². The zero-order valence-corrected chi connectivity index (χ0v) is 9.73. The molecule has 0 atom stereocenters. The summed E-state index contributed by atoms with van der Waals surface area (Å²) < 4.78 is 4.86. The second-order valence-electron chi connectivity index (χ2n) is 3.23. The Morgan fingerprint density at radius 2 is 2.00 bits per heavy atom. The highest BCUT2D eigenvalue weighted by atomic mass is 16.5. The second-order valence-corrected chi connectivity index (χ2v) is 3.23. The molecule has 0 aliphatic rings. The van der Waals surface area contributed by atoms with Crippen LogP contribution in [0, 0.1) is 0 Å². The Morgan fingerprint density at radius 1 is 1.31 bits per heavy atom. The quantitative estimate of drug-likeness (QED) is 0.313. The molecule has 0 saturated heterocycles. The summed E-state index contributed by atoms with van der Waals surface area (Å²) in [6, 6.07) is 0. The maximum Gasteiger partial charge on any atom is 0.331 e. The third-order valence-electron chi connectivity index (χ3n) is 1.93. The molecule has 0 radical (unpaired) electrons. The maximum atomic E-state index is 11.1. The monoisotopic (exact) mass is 226 g/mol. The van der Waals surface area contributed by atoms with Gasteiger partial charge in [0.25, 0.3) is 0 Å². The number of hydrogen-bond acceptors (Lipinski definition) is 3. The van der Waals surface area contributed by atoms with Crippen LogP contribution in [0.15, 0.2) is 23.8 Å². The van der Waals surface area contributed by atoms with Crippen LogP contribution in [0.5, 0.6) is 0 Å². The van der Waals surface area contributed by atoms with Crippen molar-refractivity contribution in [1.82, 2.24) is 0 Å². The van der Waals surface area contributed by atoms with E-state index in [-0.39, 0.29) is 5.57 Å². The zero-order chi connectivity index (χ0) is 12.4. The van der Waals surface area contributed by atoms with Crippen molar-refractivity contribution in [2.45, 2.75) is 33.1 Å². The smallest absolute Gasteiger partial charge is 0.331 e. The van der Waals surface area contributed by atoms with E-state index in [0.717, 1.165) is 12.8 Å². The lowest BCUT2D eigenvalue weighted by Gasteiger charge is -1.98. The summed E-state index contributed by atoms with van der Waals surface area (Å²) >= 11 is 0. The molecular weight excluding hydrogens is 208 g/mol. The second kappa shape index (κ2) is 8.71. The van der Waals surface area contributed by atoms with Crippen LogP contribution in [-0.2, 0) is 14.3 Å². The number of aliphatic carboxylic acids is 1. The SMILES string of the molecule is CCCCOC(=O)C=CC=C(CC)C(=O)O. The molecule has 1 N–H and O–H groups in total. The van der Waals surface area contributed by atoms with Crippen LogP contribution in [0.25, 0.3) is 0 Å². The molecule has 0 saturated carbocycles. The van der Waals surface area contributed by atoms with Crippen molar-refractivity contribution < 1.29 is 19.4 Å². The summed E-state index contributed by atoms with van der Waals surface area (Å²) in [7, 11) is 0. The molecule has 0 heterocycles. The number of allylic oxidation sites excluding steroid dienone is 2. The van der Waals surface area contributed by atoms with Crippen molar-refractivity contribution in [3.63, 3.8) is 0 Å². The van der Waals surface area contributed by atoms with Crippen LogP contribution in [-0.4, -0.2) is 23.7 Å². The first kappa shape index (κ1) is 14.4. The normalized spacial score (nSPS) is 11.8. The molecular formula is C12H18O4. The van der Waals surface area contributed by atoms with Gasteiger partial charge in [-0.1, -0.05) is 32.4 Å². The van der Waals surface area contributed by atoms with Gasteiger partial charge in [-0.25, -0.2) is 9.59 Å². The van der Waals surface area contributed by atoms with Crippen LogP contribution >= 0.6 is 0 Å². The van der Waals surface area contributed by atoms with Crippen molar-refractivity contribution in [3.05, 3.63) is 23.8 Å². The lowest BCUT2D eigenvalue weighted by molar-refractivity contribution is -0.138. The standard InChI is InChI=1S/C12H18O4/c1-3-5-9-16-11(13)8-6-7-10(4-2)12(14)15/h6-8H,3-5,9H2,1-2H3,(H,14,15). The van der Waals surface area contributed by atoms with E-state index in [2.05, 4.69) is 0 Å². The summed E-state index contributed by atoms with van der Waals surface area (Å²) in [6.45, 7) is 4.16. The number of carbonyl (C=O) groups is 2. The fourth-order valence-corrected chi connectivity index (χ4v) is 0.948. The lowest BCUT2D eigenvalue weighted by Crippen LogP contribution is -2.02. The molecule has 0 amide bonds. The first-order valence-electron chi connectivity index (χ1n) is 5.39. The Hall–Kier alpha value is -1.58. The maximum absolute atomic E-state index is 11.1. The van der Waals surface area contributed by atoms with Gasteiger partial charge < -0.3 is 9.84 Å². The average Bonchev–Trinajstić information content (AvgIpc) is 2.24. The Labute approximate surface area is 95.6 Å². The third kappa shape index (κ3) is 6.81. The molecule has 90 valence electrons. The Kier molecular flexibility index (Phi) is 7.85. The van der Waals surface area contributed by atoms with E-state index in [4.69, 9.17) is 9.84 Å². The molecule has 16 heavy (non-hydrogen) atoms. The van der Waals surface area contributed by atoms with Gasteiger partial charge in [-0.05, 0) is 12.8 Å². The van der Waals surface area contributed by atoms with E-state index < -0.39 is 11.9 Å². The Morgan fingerprint density at radius 3 is 2.50 bits per heavy atom. The molecule has 0 aromatic carbocycles. The van der Waals surface area contributed by atoms with Crippen molar-refractivity contribution in [1.29, 1.82) is 0 Å². The van der Waals surface area contributed by atoms with Crippen molar-refractivity contribution in [2.24, 2.45) is 0 Å². The lowest BCUT2D eigenvalue weighted by atomic mass is 10.2. The molecule has 0 aromatic heterocycles. The van der Waals surface area contributed by atoms with Crippen LogP contribution in [0.3, 0.4) is 0 Å². The minimum Gasteiger partial charge on any atom is -0.478 e. The van der Waals surface area contributed by atoms with Gasteiger partial charge in [0, 0.05) is 11.6 Å². The highest BCUT2D eigenvalue weighted by molar-refractivity contribution is 5.87. The van der Waals surface area contributed by atoms with Crippen LogP contribution in [0.2, 0.25) is 0 Å². The number of hydrogen-bond donors (Lipinski definition) is 1. The largest absolute Gasteiger partial charge is 0.478 e. The van der Waals surface area contributed by atoms with Gasteiger partial charge in [-0.2, -0.15) is 0 Å². The van der Waals surface area contributed by atoms with Gasteiger partial charge >= 0.3 is 11.9 Å². The minimum atomic E-state index is -0.966. The molecule has 4 nitrogen and oxygen atoms in total. The summed E-state index contributed by atoms with van der Waals surface area (Å²) in [5, 5.41) is 8.69. The predicted molar refractivity (Wildman–Crippen MR) is 61.0 cm³/mol. The van der Waals surface area contributed by atoms with Crippen molar-refractivity contribution in [2.75, 3.05) is 6.61 Å². The highest BCUT2D eigenvalue weighted by Crippen LogP contribution is 2.00. The summed E-state index contributed by atoms with van der Waals surface area (Å²) in [5.74, 6) is -1.41. The van der Waals surface area contributed by atoms with Gasteiger partial charge in [-0.3, -0.25) is 0 Å². The van der Waals surface area contributed by atoms with E-state index in [9.17, 15) is 9.59 Å². The molecule has 0 aliphatic heterocycles. The first-order chi connectivity index (χ1) is 7.61. The Bertz CT molecular complexity index is 289. The van der Waals surface area contributed by atoms with E-state index in [0.29, 0.717) is 13.0 Å². The number of ether oxygens (including phenoxy) is 1. The van der Waals surface area contributed by atoms with E-state index in [1.807, 2.05) is 6.92 Å².